The second-order valence-electron chi connectivity index (χ2n) is 9.16. The number of ether oxygens (including phenoxy) is 2. The molecule has 0 heterocycles. The van der Waals surface area contributed by atoms with E-state index >= 15 is 0 Å². The van der Waals surface area contributed by atoms with E-state index in [0.717, 1.165) is 19.3 Å². The van der Waals surface area contributed by atoms with Crippen LogP contribution >= 0.6 is 0 Å². The second-order valence-corrected chi connectivity index (χ2v) is 9.16. The van der Waals surface area contributed by atoms with Crippen molar-refractivity contribution < 1.29 is 19.1 Å². The van der Waals surface area contributed by atoms with E-state index in [4.69, 9.17) is 9.47 Å². The molecule has 2 aromatic rings. The van der Waals surface area contributed by atoms with Crippen LogP contribution in [0.25, 0.3) is 0 Å². The highest BCUT2D eigenvalue weighted by molar-refractivity contribution is 5.71. The van der Waals surface area contributed by atoms with E-state index in [1.54, 1.807) is 24.3 Å². The van der Waals surface area contributed by atoms with Crippen LogP contribution in [-0.2, 0) is 0 Å². The SMILES string of the molecule is CC1(C)CC(NC(=O)Oc2ccccc2)CC(C)(CNC(=O)Oc2ccccc2)C1. The molecule has 6 heteroatoms. The Bertz CT molecular complexity index is 854. The van der Waals surface area contributed by atoms with Gasteiger partial charge in [-0.05, 0) is 54.4 Å². The molecule has 0 aromatic heterocycles. The Labute approximate surface area is 178 Å². The minimum absolute atomic E-state index is 0.0166. The summed E-state index contributed by atoms with van der Waals surface area (Å²) in [5.41, 5.74) is -0.162. The highest BCUT2D eigenvalue weighted by Crippen LogP contribution is 2.45. The number of para-hydroxylation sites is 2. The van der Waals surface area contributed by atoms with E-state index < -0.39 is 12.2 Å². The van der Waals surface area contributed by atoms with Crippen molar-refractivity contribution in [2.45, 2.75) is 46.1 Å². The van der Waals surface area contributed by atoms with Crippen LogP contribution in [0.2, 0.25) is 0 Å². The first-order valence-electron chi connectivity index (χ1n) is 10.3. The predicted molar refractivity (Wildman–Crippen MR) is 116 cm³/mol. The number of benzene rings is 2. The van der Waals surface area contributed by atoms with Crippen molar-refractivity contribution in [1.82, 2.24) is 10.6 Å². The summed E-state index contributed by atoms with van der Waals surface area (Å²) in [6, 6.07) is 18.0. The molecule has 30 heavy (non-hydrogen) atoms. The molecular formula is C24H30N2O4. The summed E-state index contributed by atoms with van der Waals surface area (Å²) in [4.78, 5) is 24.5. The number of amides is 2. The zero-order chi connectivity index (χ0) is 21.6. The Hall–Kier alpha value is -3.02. The minimum Gasteiger partial charge on any atom is -0.410 e. The average Bonchev–Trinajstić information content (AvgIpc) is 2.66. The van der Waals surface area contributed by atoms with Gasteiger partial charge in [0.1, 0.15) is 11.5 Å². The van der Waals surface area contributed by atoms with Gasteiger partial charge in [-0.1, -0.05) is 57.2 Å². The van der Waals surface area contributed by atoms with Crippen molar-refractivity contribution in [3.8, 4) is 11.5 Å². The Morgan fingerprint density at radius 2 is 1.40 bits per heavy atom. The molecule has 2 unspecified atom stereocenters. The zero-order valence-corrected chi connectivity index (χ0v) is 17.8. The molecule has 2 N–H and O–H groups in total. The number of nitrogens with one attached hydrogen (secondary N) is 2. The molecule has 0 spiro atoms. The fourth-order valence-electron chi connectivity index (χ4n) is 4.58. The summed E-state index contributed by atoms with van der Waals surface area (Å²) in [5, 5.41) is 5.89. The first kappa shape index (κ1) is 21.7. The van der Waals surface area contributed by atoms with Gasteiger partial charge in [-0.25, -0.2) is 9.59 Å². The molecule has 3 rings (SSSR count). The Kier molecular flexibility index (Phi) is 6.65. The molecule has 160 valence electrons. The smallest absolute Gasteiger partial charge is 0.410 e. The quantitative estimate of drug-likeness (QED) is 0.715. The lowest BCUT2D eigenvalue weighted by Gasteiger charge is -2.46. The number of hydrogen-bond donors (Lipinski definition) is 2. The fraction of sp³-hybridized carbons (Fsp3) is 0.417. The lowest BCUT2D eigenvalue weighted by atomic mass is 9.62. The van der Waals surface area contributed by atoms with Gasteiger partial charge in [-0.2, -0.15) is 0 Å². The van der Waals surface area contributed by atoms with E-state index in [1.807, 2.05) is 36.4 Å². The number of rotatable bonds is 5. The number of hydrogen-bond acceptors (Lipinski definition) is 4. The van der Waals surface area contributed by atoms with E-state index in [2.05, 4.69) is 31.4 Å². The summed E-state index contributed by atoms with van der Waals surface area (Å²) in [6.45, 7) is 6.97. The summed E-state index contributed by atoms with van der Waals surface area (Å²) < 4.78 is 10.7. The molecule has 0 saturated heterocycles. The standard InChI is InChI=1S/C24H30N2O4/c1-23(2)14-18(26-22(28)30-20-12-8-5-9-13-20)15-24(3,16-23)17-25-21(27)29-19-10-6-4-7-11-19/h4-13,18H,14-17H2,1-3H3,(H,25,27)(H,26,28). The summed E-state index contributed by atoms with van der Waals surface area (Å²) in [7, 11) is 0. The maximum atomic E-state index is 12.3. The van der Waals surface area contributed by atoms with E-state index in [9.17, 15) is 9.59 Å². The van der Waals surface area contributed by atoms with Crippen LogP contribution < -0.4 is 20.1 Å². The molecule has 1 aliphatic rings. The normalized spacial score (nSPS) is 22.6. The van der Waals surface area contributed by atoms with Gasteiger partial charge in [0.25, 0.3) is 0 Å². The lowest BCUT2D eigenvalue weighted by molar-refractivity contribution is 0.0701. The summed E-state index contributed by atoms with van der Waals surface area (Å²) in [6.07, 6.45) is 1.59. The largest absolute Gasteiger partial charge is 0.412 e. The van der Waals surface area contributed by atoms with Crippen molar-refractivity contribution >= 4 is 12.2 Å². The molecule has 0 radical (unpaired) electrons. The van der Waals surface area contributed by atoms with Crippen LogP contribution in [0.1, 0.15) is 40.0 Å². The van der Waals surface area contributed by atoms with Crippen LogP contribution in [0.4, 0.5) is 9.59 Å². The van der Waals surface area contributed by atoms with Crippen molar-refractivity contribution in [1.29, 1.82) is 0 Å². The monoisotopic (exact) mass is 410 g/mol. The Morgan fingerprint density at radius 3 is 1.97 bits per heavy atom. The van der Waals surface area contributed by atoms with Crippen LogP contribution in [-0.4, -0.2) is 24.8 Å². The second kappa shape index (κ2) is 9.20. The molecule has 1 saturated carbocycles. The topological polar surface area (TPSA) is 76.7 Å². The molecule has 2 aromatic carbocycles. The highest BCUT2D eigenvalue weighted by atomic mass is 16.6. The van der Waals surface area contributed by atoms with Crippen molar-refractivity contribution in [2.24, 2.45) is 10.8 Å². The Morgan fingerprint density at radius 1 is 0.867 bits per heavy atom. The van der Waals surface area contributed by atoms with E-state index in [0.29, 0.717) is 18.0 Å². The van der Waals surface area contributed by atoms with Crippen LogP contribution in [0.5, 0.6) is 11.5 Å². The van der Waals surface area contributed by atoms with Crippen molar-refractivity contribution in [2.75, 3.05) is 6.54 Å². The molecule has 0 bridgehead atoms. The molecule has 2 amide bonds. The molecule has 1 aliphatic carbocycles. The zero-order valence-electron chi connectivity index (χ0n) is 17.8. The molecule has 2 atom stereocenters. The third-order valence-electron chi connectivity index (χ3n) is 5.33. The van der Waals surface area contributed by atoms with Gasteiger partial charge in [0.15, 0.2) is 0 Å². The highest BCUT2D eigenvalue weighted by Gasteiger charge is 2.42. The third-order valence-corrected chi connectivity index (χ3v) is 5.33. The predicted octanol–water partition coefficient (Wildman–Crippen LogP) is 5.15. The van der Waals surface area contributed by atoms with Crippen LogP contribution in [0, 0.1) is 10.8 Å². The minimum atomic E-state index is -0.473. The fourth-order valence-corrected chi connectivity index (χ4v) is 4.58. The van der Waals surface area contributed by atoms with Crippen molar-refractivity contribution in [3.05, 3.63) is 60.7 Å². The van der Waals surface area contributed by atoms with Gasteiger partial charge in [-0.15, -0.1) is 0 Å². The van der Waals surface area contributed by atoms with Gasteiger partial charge < -0.3 is 20.1 Å². The van der Waals surface area contributed by atoms with E-state index in [-0.39, 0.29) is 16.9 Å². The average molecular weight is 411 g/mol. The first-order valence-corrected chi connectivity index (χ1v) is 10.3. The molecule has 1 fully saturated rings. The summed E-state index contributed by atoms with van der Waals surface area (Å²) >= 11 is 0. The van der Waals surface area contributed by atoms with Crippen LogP contribution in [0.3, 0.4) is 0 Å². The maximum Gasteiger partial charge on any atom is 0.412 e. The number of carbonyl (C=O) groups excluding carboxylic acids is 2. The molecular weight excluding hydrogens is 380 g/mol. The lowest BCUT2D eigenvalue weighted by Crippen LogP contribution is -2.51. The van der Waals surface area contributed by atoms with Crippen LogP contribution in [0.15, 0.2) is 60.7 Å². The number of carbonyl (C=O) groups is 2. The molecule has 0 aliphatic heterocycles. The van der Waals surface area contributed by atoms with Crippen molar-refractivity contribution in [3.63, 3.8) is 0 Å². The van der Waals surface area contributed by atoms with E-state index in [1.165, 1.54) is 0 Å². The molecule has 6 nitrogen and oxygen atoms in total. The van der Waals surface area contributed by atoms with Gasteiger partial charge in [0.2, 0.25) is 0 Å². The Balaban J connectivity index is 1.56. The first-order chi connectivity index (χ1) is 14.2. The maximum absolute atomic E-state index is 12.3. The van der Waals surface area contributed by atoms with Gasteiger partial charge >= 0.3 is 12.2 Å². The van der Waals surface area contributed by atoms with Gasteiger partial charge in [0, 0.05) is 12.6 Å². The van der Waals surface area contributed by atoms with Gasteiger partial charge in [0.05, 0.1) is 0 Å². The third kappa shape index (κ3) is 6.51. The summed E-state index contributed by atoms with van der Waals surface area (Å²) in [5.74, 6) is 1.02. The van der Waals surface area contributed by atoms with Gasteiger partial charge in [-0.3, -0.25) is 0 Å².